The minimum Gasteiger partial charge on any atom is -0.506 e. The Bertz CT molecular complexity index is 1440. The van der Waals surface area contributed by atoms with Crippen molar-refractivity contribution >= 4 is 17.0 Å². The average Bonchev–Trinajstić information content (AvgIpc) is 3.41. The van der Waals surface area contributed by atoms with Gasteiger partial charge in [0.1, 0.15) is 16.9 Å². The number of hydrogen-bond acceptors (Lipinski definition) is 3. The Balaban J connectivity index is 1.69. The molecule has 6 rings (SSSR count). The molecule has 0 saturated carbocycles. The van der Waals surface area contributed by atoms with Crippen LogP contribution in [-0.2, 0) is 5.41 Å². The molecule has 1 aliphatic heterocycles. The zero-order valence-corrected chi connectivity index (χ0v) is 18.9. The molecule has 0 amide bonds. The predicted molar refractivity (Wildman–Crippen MR) is 139 cm³/mol. The summed E-state index contributed by atoms with van der Waals surface area (Å²) in [6.45, 7) is 2.07. The van der Waals surface area contributed by atoms with Crippen molar-refractivity contribution in [2.45, 2.75) is 12.3 Å². The molecule has 0 aromatic heterocycles. The first-order valence-corrected chi connectivity index (χ1v) is 11.5. The normalized spacial score (nSPS) is 19.1. The molecule has 0 saturated heterocycles. The van der Waals surface area contributed by atoms with Gasteiger partial charge in [0.05, 0.1) is 11.4 Å². The molecule has 4 aromatic rings. The predicted octanol–water partition coefficient (Wildman–Crippen LogP) is 7.02. The van der Waals surface area contributed by atoms with E-state index in [1.807, 2.05) is 53.5 Å². The molecule has 3 heteroatoms. The zero-order valence-electron chi connectivity index (χ0n) is 18.9. The van der Waals surface area contributed by atoms with Crippen LogP contribution in [0.3, 0.4) is 0 Å². The number of aliphatic hydroxyl groups excluding tert-OH is 1. The molecule has 1 unspecified atom stereocenters. The minimum absolute atomic E-state index is 0.234. The molecule has 1 aliphatic carbocycles. The number of rotatable bonds is 4. The van der Waals surface area contributed by atoms with E-state index in [1.165, 1.54) is 5.56 Å². The Labute approximate surface area is 199 Å². The molecule has 0 spiro atoms. The van der Waals surface area contributed by atoms with Gasteiger partial charge in [0.15, 0.2) is 0 Å². The highest BCUT2D eigenvalue weighted by molar-refractivity contribution is 6.22. The number of hydrogen-bond donors (Lipinski definition) is 1. The van der Waals surface area contributed by atoms with Crippen LogP contribution in [0.15, 0.2) is 138 Å². The largest absolute Gasteiger partial charge is 0.506 e. The van der Waals surface area contributed by atoms with Gasteiger partial charge in [-0.25, -0.2) is 5.01 Å². The summed E-state index contributed by atoms with van der Waals surface area (Å²) in [4.78, 5) is 0. The van der Waals surface area contributed by atoms with E-state index in [-0.39, 0.29) is 5.76 Å². The average molecular weight is 441 g/mol. The second-order valence-electron chi connectivity index (χ2n) is 8.74. The van der Waals surface area contributed by atoms with Crippen molar-refractivity contribution in [1.29, 1.82) is 0 Å². The van der Waals surface area contributed by atoms with Gasteiger partial charge in [-0.05, 0) is 47.4 Å². The fourth-order valence-electron chi connectivity index (χ4n) is 5.14. The molecule has 0 radical (unpaired) electrons. The molecule has 3 nitrogen and oxygen atoms in total. The van der Waals surface area contributed by atoms with Crippen LogP contribution in [0.25, 0.3) is 5.57 Å². The summed E-state index contributed by atoms with van der Waals surface area (Å²) in [5.74, 6) is 0.234. The second-order valence-corrected chi connectivity index (χ2v) is 8.74. The molecule has 1 heterocycles. The molecular weight excluding hydrogens is 416 g/mol. The zero-order chi connectivity index (χ0) is 23.1. The van der Waals surface area contributed by atoms with Gasteiger partial charge in [0.25, 0.3) is 0 Å². The standard InChI is InChI=1S/C31H24N2O/c1-22-17-19-26(20-18-22)33-30-28(34)21-27(23-11-5-2-6-12-23)31(30,25-15-9-4-10-16-25)29(32-33)24-13-7-3-8-14-24/h2-21,34H,1H3. The van der Waals surface area contributed by atoms with Crippen molar-refractivity contribution in [2.24, 2.45) is 5.10 Å². The Morgan fingerprint density at radius 1 is 0.676 bits per heavy atom. The summed E-state index contributed by atoms with van der Waals surface area (Å²) in [5, 5.41) is 18.6. The summed E-state index contributed by atoms with van der Waals surface area (Å²) in [7, 11) is 0. The molecule has 1 atom stereocenters. The van der Waals surface area contributed by atoms with Gasteiger partial charge in [-0.1, -0.05) is 109 Å². The maximum absolute atomic E-state index is 11.5. The van der Waals surface area contributed by atoms with E-state index in [0.717, 1.165) is 39.4 Å². The van der Waals surface area contributed by atoms with E-state index in [1.54, 1.807) is 0 Å². The lowest BCUT2D eigenvalue weighted by molar-refractivity contribution is 0.424. The third kappa shape index (κ3) is 2.94. The Kier molecular flexibility index (Phi) is 4.70. The number of nitrogens with zero attached hydrogens (tertiary/aromatic N) is 2. The molecule has 4 aromatic carbocycles. The Hall–Kier alpha value is -4.37. The van der Waals surface area contributed by atoms with Gasteiger partial charge in [-0.15, -0.1) is 0 Å². The number of allylic oxidation sites excluding steroid dienone is 2. The molecular formula is C31H24N2O. The topological polar surface area (TPSA) is 35.8 Å². The second kappa shape index (κ2) is 7.89. The highest BCUT2D eigenvalue weighted by Gasteiger charge is 2.56. The first-order chi connectivity index (χ1) is 16.7. The van der Waals surface area contributed by atoms with Gasteiger partial charge >= 0.3 is 0 Å². The summed E-state index contributed by atoms with van der Waals surface area (Å²) in [5.41, 5.74) is 7.18. The quantitative estimate of drug-likeness (QED) is 0.370. The molecule has 164 valence electrons. The van der Waals surface area contributed by atoms with E-state index in [0.29, 0.717) is 0 Å². The van der Waals surface area contributed by atoms with Gasteiger partial charge in [0.2, 0.25) is 0 Å². The SMILES string of the molecule is Cc1ccc(N2N=C(c3ccccc3)C3(c4ccccc4)C(c4ccccc4)=CC(O)=C23)cc1. The van der Waals surface area contributed by atoms with Crippen LogP contribution in [0, 0.1) is 6.92 Å². The summed E-state index contributed by atoms with van der Waals surface area (Å²) in [6, 6.07) is 39.2. The lowest BCUT2D eigenvalue weighted by atomic mass is 9.67. The highest BCUT2D eigenvalue weighted by atomic mass is 16.3. The maximum Gasteiger partial charge on any atom is 0.139 e. The van der Waals surface area contributed by atoms with Crippen molar-refractivity contribution in [2.75, 3.05) is 5.01 Å². The summed E-state index contributed by atoms with van der Waals surface area (Å²) >= 11 is 0. The van der Waals surface area contributed by atoms with Gasteiger partial charge < -0.3 is 5.11 Å². The monoisotopic (exact) mass is 440 g/mol. The van der Waals surface area contributed by atoms with Gasteiger partial charge in [0, 0.05) is 0 Å². The molecule has 1 N–H and O–H groups in total. The molecule has 2 aliphatic rings. The van der Waals surface area contributed by atoms with Crippen molar-refractivity contribution in [1.82, 2.24) is 0 Å². The van der Waals surface area contributed by atoms with Crippen LogP contribution in [0.2, 0.25) is 0 Å². The van der Waals surface area contributed by atoms with Crippen LogP contribution >= 0.6 is 0 Å². The lowest BCUT2D eigenvalue weighted by Gasteiger charge is -2.33. The summed E-state index contributed by atoms with van der Waals surface area (Å²) in [6.07, 6.45) is 1.91. The molecule has 0 bridgehead atoms. The fraction of sp³-hybridized carbons (Fsp3) is 0.0645. The number of hydrazone groups is 1. The highest BCUT2D eigenvalue weighted by Crippen LogP contribution is 2.57. The number of anilines is 1. The Morgan fingerprint density at radius 3 is 1.85 bits per heavy atom. The first kappa shape index (κ1) is 20.3. The Morgan fingerprint density at radius 2 is 1.24 bits per heavy atom. The van der Waals surface area contributed by atoms with E-state index < -0.39 is 5.41 Å². The van der Waals surface area contributed by atoms with Crippen molar-refractivity contribution in [3.05, 3.63) is 155 Å². The van der Waals surface area contributed by atoms with Gasteiger partial charge in [-0.2, -0.15) is 5.10 Å². The van der Waals surface area contributed by atoms with E-state index in [9.17, 15) is 5.11 Å². The van der Waals surface area contributed by atoms with Gasteiger partial charge in [-0.3, -0.25) is 0 Å². The van der Waals surface area contributed by atoms with E-state index in [4.69, 9.17) is 5.10 Å². The fourth-order valence-corrected chi connectivity index (χ4v) is 5.14. The van der Waals surface area contributed by atoms with E-state index in [2.05, 4.69) is 79.7 Å². The third-order valence-corrected chi connectivity index (χ3v) is 6.67. The smallest absolute Gasteiger partial charge is 0.139 e. The van der Waals surface area contributed by atoms with Crippen LogP contribution in [0.4, 0.5) is 5.69 Å². The number of aryl methyl sites for hydroxylation is 1. The first-order valence-electron chi connectivity index (χ1n) is 11.5. The van der Waals surface area contributed by atoms with Crippen LogP contribution in [-0.4, -0.2) is 10.8 Å². The maximum atomic E-state index is 11.5. The van der Waals surface area contributed by atoms with Crippen LogP contribution < -0.4 is 5.01 Å². The van der Waals surface area contributed by atoms with Crippen molar-refractivity contribution in [3.8, 4) is 0 Å². The third-order valence-electron chi connectivity index (χ3n) is 6.67. The number of benzene rings is 4. The van der Waals surface area contributed by atoms with Crippen LogP contribution in [0.5, 0.6) is 0 Å². The van der Waals surface area contributed by atoms with Crippen molar-refractivity contribution in [3.63, 3.8) is 0 Å². The lowest BCUT2D eigenvalue weighted by Crippen LogP contribution is -2.37. The van der Waals surface area contributed by atoms with Crippen molar-refractivity contribution < 1.29 is 5.11 Å². The number of aliphatic hydroxyl groups is 1. The molecule has 34 heavy (non-hydrogen) atoms. The minimum atomic E-state index is -0.751. The summed E-state index contributed by atoms with van der Waals surface area (Å²) < 4.78 is 0. The molecule has 0 fully saturated rings. The van der Waals surface area contributed by atoms with E-state index >= 15 is 0 Å². The van der Waals surface area contributed by atoms with Crippen LogP contribution in [0.1, 0.15) is 22.3 Å². The number of fused-ring (bicyclic) bond motifs is 1.